The van der Waals surface area contributed by atoms with Crippen LogP contribution in [-0.2, 0) is 0 Å². The molecule has 0 radical (unpaired) electrons. The number of rotatable bonds is 2. The topological polar surface area (TPSA) is 20.3 Å². The van der Waals surface area contributed by atoms with Crippen molar-refractivity contribution in [1.82, 2.24) is 4.90 Å². The lowest BCUT2D eigenvalue weighted by atomic mass is 10.1. The summed E-state index contributed by atoms with van der Waals surface area (Å²) >= 11 is 13.6. The van der Waals surface area contributed by atoms with Gasteiger partial charge in [-0.1, -0.05) is 35.3 Å². The van der Waals surface area contributed by atoms with Crippen LogP contribution in [0.4, 0.5) is 0 Å². The molecule has 0 bridgehead atoms. The second-order valence-corrected chi connectivity index (χ2v) is 7.05. The molecular formula is C16H14Cl2NOS+. The Morgan fingerprint density at radius 3 is 2.48 bits per heavy atom. The van der Waals surface area contributed by atoms with Gasteiger partial charge in [0.2, 0.25) is 0 Å². The van der Waals surface area contributed by atoms with E-state index in [1.165, 1.54) is 11.3 Å². The van der Waals surface area contributed by atoms with Crippen LogP contribution < -0.4 is 0 Å². The highest BCUT2D eigenvalue weighted by atomic mass is 35.5. The lowest BCUT2D eigenvalue weighted by Crippen LogP contribution is -2.35. The first-order chi connectivity index (χ1) is 10.1. The molecule has 108 valence electrons. The summed E-state index contributed by atoms with van der Waals surface area (Å²) in [5, 5.41) is 0.697. The van der Waals surface area contributed by atoms with Crippen molar-refractivity contribution in [2.45, 2.75) is 12.8 Å². The van der Waals surface area contributed by atoms with Gasteiger partial charge in [-0.05, 0) is 23.8 Å². The highest BCUT2D eigenvalue weighted by molar-refractivity contribution is 7.19. The van der Waals surface area contributed by atoms with E-state index in [-0.39, 0.29) is 5.91 Å². The molecule has 0 atom stereocenters. The van der Waals surface area contributed by atoms with Gasteiger partial charge in [-0.3, -0.25) is 4.79 Å². The molecule has 2 heterocycles. The first kappa shape index (κ1) is 14.8. The van der Waals surface area contributed by atoms with E-state index in [0.29, 0.717) is 14.9 Å². The lowest BCUT2D eigenvalue weighted by Gasteiger charge is -2.22. The summed E-state index contributed by atoms with van der Waals surface area (Å²) in [5.74, 6) is 0.0320. The van der Waals surface area contributed by atoms with Gasteiger partial charge in [0.15, 0.2) is 0 Å². The van der Waals surface area contributed by atoms with Gasteiger partial charge in [0.05, 0.1) is 25.1 Å². The fourth-order valence-electron chi connectivity index (χ4n) is 2.39. The van der Waals surface area contributed by atoms with E-state index in [0.717, 1.165) is 36.4 Å². The second kappa shape index (κ2) is 6.30. The van der Waals surface area contributed by atoms with Gasteiger partial charge in [0.25, 0.3) is 5.91 Å². The lowest BCUT2D eigenvalue weighted by molar-refractivity contribution is 0.0742. The number of benzene rings is 1. The molecule has 2 aromatic rings. The molecule has 1 saturated heterocycles. The molecule has 1 aliphatic heterocycles. The number of carbonyl (C=O) groups is 1. The average molecular weight is 339 g/mol. The third-order valence-corrected chi connectivity index (χ3v) is 5.20. The van der Waals surface area contributed by atoms with Crippen molar-refractivity contribution in [3.63, 3.8) is 0 Å². The monoisotopic (exact) mass is 338 g/mol. The third-order valence-electron chi connectivity index (χ3n) is 3.54. The number of hydrogen-bond donors (Lipinski definition) is 0. The van der Waals surface area contributed by atoms with Crippen molar-refractivity contribution in [2.24, 2.45) is 0 Å². The Bertz CT molecular complexity index is 645. The summed E-state index contributed by atoms with van der Waals surface area (Å²) < 4.78 is 0.555. The smallest absolute Gasteiger partial charge is 0.256 e. The molecule has 1 aromatic heterocycles. The Labute approximate surface area is 138 Å². The molecule has 21 heavy (non-hydrogen) atoms. The number of thiophene rings is 1. The van der Waals surface area contributed by atoms with Crippen LogP contribution in [0.2, 0.25) is 9.36 Å². The first-order valence-electron chi connectivity index (χ1n) is 6.81. The molecular weight excluding hydrogens is 325 g/mol. The summed E-state index contributed by atoms with van der Waals surface area (Å²) in [4.78, 5) is 15.4. The Kier molecular flexibility index (Phi) is 4.43. The molecule has 0 aliphatic carbocycles. The molecule has 1 aliphatic rings. The van der Waals surface area contributed by atoms with Crippen LogP contribution in [0, 0.1) is 6.42 Å². The Morgan fingerprint density at radius 2 is 1.81 bits per heavy atom. The van der Waals surface area contributed by atoms with Crippen LogP contribution >= 0.6 is 34.5 Å². The van der Waals surface area contributed by atoms with Gasteiger partial charge < -0.3 is 4.90 Å². The first-order valence-corrected chi connectivity index (χ1v) is 8.38. The van der Waals surface area contributed by atoms with E-state index in [2.05, 4.69) is 6.42 Å². The van der Waals surface area contributed by atoms with Crippen molar-refractivity contribution in [1.29, 1.82) is 0 Å². The summed E-state index contributed by atoms with van der Waals surface area (Å²) in [6.07, 6.45) is 4.13. The molecule has 2 nitrogen and oxygen atoms in total. The fraction of sp³-hybridized carbons (Fsp3) is 0.250. The van der Waals surface area contributed by atoms with Gasteiger partial charge in [-0.2, -0.15) is 0 Å². The van der Waals surface area contributed by atoms with E-state index in [1.807, 2.05) is 35.2 Å². The maximum Gasteiger partial charge on any atom is 0.256 e. The Morgan fingerprint density at radius 1 is 1.14 bits per heavy atom. The molecule has 0 N–H and O–H groups in total. The van der Waals surface area contributed by atoms with Gasteiger partial charge >= 0.3 is 0 Å². The maximum atomic E-state index is 12.5. The number of halogens is 2. The van der Waals surface area contributed by atoms with Gasteiger partial charge in [0.1, 0.15) is 17.2 Å². The van der Waals surface area contributed by atoms with Crippen LogP contribution in [0.15, 0.2) is 30.3 Å². The standard InChI is InChI=1S/C16H14Cl2NOS/c17-12-6-4-11(5-7-12)14-10-13(15(18)21-14)16(20)19-8-2-1-3-9-19/h1,4-7,10H,2-3,8-9H2/q+1. The van der Waals surface area contributed by atoms with Crippen LogP contribution in [0.5, 0.6) is 0 Å². The number of likely N-dealkylation sites (tertiary alicyclic amines) is 1. The van der Waals surface area contributed by atoms with Gasteiger partial charge in [-0.15, -0.1) is 11.3 Å². The molecule has 3 rings (SSSR count). The van der Waals surface area contributed by atoms with Crippen molar-refractivity contribution < 1.29 is 4.79 Å². The Hall–Kier alpha value is -1.16. The minimum Gasteiger partial charge on any atom is -0.330 e. The summed E-state index contributed by atoms with van der Waals surface area (Å²) in [6, 6.07) is 9.44. The zero-order valence-electron chi connectivity index (χ0n) is 11.3. The number of hydrogen-bond acceptors (Lipinski definition) is 2. The maximum absolute atomic E-state index is 12.5. The quantitative estimate of drug-likeness (QED) is 0.692. The average Bonchev–Trinajstić information content (AvgIpc) is 2.90. The van der Waals surface area contributed by atoms with E-state index in [9.17, 15) is 4.79 Å². The van der Waals surface area contributed by atoms with Gasteiger partial charge in [-0.25, -0.2) is 0 Å². The second-order valence-electron chi connectivity index (χ2n) is 4.96. The predicted octanol–water partition coefficient (Wildman–Crippen LogP) is 5.16. The SMILES string of the molecule is O=C(c1cc(-c2ccc(Cl)cc2)sc1Cl)N1CC[CH+]CC1. The summed E-state index contributed by atoms with van der Waals surface area (Å²) in [6.45, 7) is 1.56. The normalized spacial score (nSPS) is 14.9. The molecule has 0 unspecified atom stereocenters. The summed E-state index contributed by atoms with van der Waals surface area (Å²) in [5.41, 5.74) is 1.63. The third kappa shape index (κ3) is 3.20. The highest BCUT2D eigenvalue weighted by Gasteiger charge is 2.25. The van der Waals surface area contributed by atoms with E-state index >= 15 is 0 Å². The minimum absolute atomic E-state index is 0.0320. The van der Waals surface area contributed by atoms with Crippen LogP contribution in [0.3, 0.4) is 0 Å². The Balaban J connectivity index is 1.87. The van der Waals surface area contributed by atoms with E-state index < -0.39 is 0 Å². The van der Waals surface area contributed by atoms with Crippen molar-refractivity contribution >= 4 is 40.4 Å². The predicted molar refractivity (Wildman–Crippen MR) is 89.2 cm³/mol. The molecule has 0 saturated carbocycles. The minimum atomic E-state index is 0.0320. The van der Waals surface area contributed by atoms with Crippen molar-refractivity contribution in [3.05, 3.63) is 51.7 Å². The molecule has 1 fully saturated rings. The largest absolute Gasteiger partial charge is 0.330 e. The zero-order valence-corrected chi connectivity index (χ0v) is 13.6. The molecule has 0 spiro atoms. The highest BCUT2D eigenvalue weighted by Crippen LogP contribution is 2.36. The van der Waals surface area contributed by atoms with E-state index in [4.69, 9.17) is 23.2 Å². The number of carbonyl (C=O) groups excluding carboxylic acids is 1. The van der Waals surface area contributed by atoms with Crippen LogP contribution in [-0.4, -0.2) is 23.9 Å². The zero-order chi connectivity index (χ0) is 14.8. The fourth-order valence-corrected chi connectivity index (χ4v) is 3.79. The number of nitrogens with zero attached hydrogens (tertiary/aromatic N) is 1. The van der Waals surface area contributed by atoms with Crippen molar-refractivity contribution in [2.75, 3.05) is 13.1 Å². The van der Waals surface area contributed by atoms with E-state index in [1.54, 1.807) is 0 Å². The van der Waals surface area contributed by atoms with Crippen molar-refractivity contribution in [3.8, 4) is 10.4 Å². The number of piperidine rings is 1. The number of amides is 1. The van der Waals surface area contributed by atoms with Crippen LogP contribution in [0.25, 0.3) is 10.4 Å². The van der Waals surface area contributed by atoms with Crippen LogP contribution in [0.1, 0.15) is 23.2 Å². The molecule has 1 aromatic carbocycles. The summed E-state index contributed by atoms with van der Waals surface area (Å²) in [7, 11) is 0. The molecule has 5 heteroatoms. The molecule has 1 amide bonds. The van der Waals surface area contributed by atoms with Gasteiger partial charge in [0, 0.05) is 9.90 Å².